The second kappa shape index (κ2) is 3.11. The van der Waals surface area contributed by atoms with E-state index in [4.69, 9.17) is 21.9 Å². The predicted octanol–water partition coefficient (Wildman–Crippen LogP) is 2.58. The van der Waals surface area contributed by atoms with Gasteiger partial charge in [0.1, 0.15) is 11.4 Å². The second-order valence-corrected chi connectivity index (χ2v) is 2.93. The third-order valence-electron chi connectivity index (χ3n) is 1.73. The fraction of sp³-hybridized carbons (Fsp3) is 0. The molecular weight excluding hydrogens is 188 g/mol. The van der Waals surface area contributed by atoms with Crippen LogP contribution < -0.4 is 5.73 Å². The molecule has 1 aromatic heterocycles. The van der Waals surface area contributed by atoms with Gasteiger partial charge in [0, 0.05) is 5.56 Å². The molecule has 0 fully saturated rings. The SMILES string of the molecule is Nc1c(-c2ccccc2)noc1Cl. The number of nitrogen functional groups attached to an aromatic ring is 1. The van der Waals surface area contributed by atoms with Crippen LogP contribution in [0.2, 0.25) is 5.22 Å². The monoisotopic (exact) mass is 194 g/mol. The van der Waals surface area contributed by atoms with Crippen LogP contribution in [0.5, 0.6) is 0 Å². The molecule has 13 heavy (non-hydrogen) atoms. The maximum absolute atomic E-state index is 5.65. The summed E-state index contributed by atoms with van der Waals surface area (Å²) in [6, 6.07) is 9.51. The van der Waals surface area contributed by atoms with Gasteiger partial charge in [0.2, 0.25) is 5.22 Å². The molecule has 0 bridgehead atoms. The molecule has 0 aliphatic rings. The van der Waals surface area contributed by atoms with Crippen molar-refractivity contribution in [2.24, 2.45) is 0 Å². The lowest BCUT2D eigenvalue weighted by atomic mass is 10.1. The number of rotatable bonds is 1. The Bertz CT molecular complexity index is 411. The first-order chi connectivity index (χ1) is 6.29. The Hall–Kier alpha value is -1.48. The molecule has 0 atom stereocenters. The summed E-state index contributed by atoms with van der Waals surface area (Å²) in [4.78, 5) is 0. The van der Waals surface area contributed by atoms with E-state index >= 15 is 0 Å². The zero-order valence-corrected chi connectivity index (χ0v) is 7.45. The van der Waals surface area contributed by atoms with Crippen molar-refractivity contribution in [3.8, 4) is 11.3 Å². The Labute approximate surface area is 80.1 Å². The minimum Gasteiger partial charge on any atom is -0.393 e. The molecule has 0 aliphatic heterocycles. The van der Waals surface area contributed by atoms with Crippen molar-refractivity contribution in [2.45, 2.75) is 0 Å². The number of nitrogens with zero attached hydrogens (tertiary/aromatic N) is 1. The minimum absolute atomic E-state index is 0.138. The van der Waals surface area contributed by atoms with Gasteiger partial charge in [0.25, 0.3) is 0 Å². The van der Waals surface area contributed by atoms with E-state index in [2.05, 4.69) is 5.16 Å². The lowest BCUT2D eigenvalue weighted by Gasteiger charge is -1.94. The number of halogens is 1. The maximum atomic E-state index is 5.65. The molecule has 1 heterocycles. The van der Waals surface area contributed by atoms with Crippen LogP contribution in [-0.4, -0.2) is 5.16 Å². The maximum Gasteiger partial charge on any atom is 0.249 e. The molecule has 2 rings (SSSR count). The summed E-state index contributed by atoms with van der Waals surface area (Å²) in [5.41, 5.74) is 7.52. The molecule has 0 saturated carbocycles. The topological polar surface area (TPSA) is 52.0 Å². The van der Waals surface area contributed by atoms with Gasteiger partial charge in [-0.05, 0) is 11.6 Å². The third kappa shape index (κ3) is 1.38. The highest BCUT2D eigenvalue weighted by Crippen LogP contribution is 2.30. The number of aromatic nitrogens is 1. The minimum atomic E-state index is 0.138. The van der Waals surface area contributed by atoms with Gasteiger partial charge in [-0.25, -0.2) is 0 Å². The molecular formula is C9H7ClN2O. The number of hydrogen-bond acceptors (Lipinski definition) is 3. The van der Waals surface area contributed by atoms with E-state index in [1.807, 2.05) is 30.3 Å². The van der Waals surface area contributed by atoms with E-state index < -0.39 is 0 Å². The van der Waals surface area contributed by atoms with Gasteiger partial charge in [-0.1, -0.05) is 35.5 Å². The molecule has 0 unspecified atom stereocenters. The number of hydrogen-bond donors (Lipinski definition) is 1. The van der Waals surface area contributed by atoms with Crippen molar-refractivity contribution < 1.29 is 4.52 Å². The van der Waals surface area contributed by atoms with Crippen LogP contribution in [0.4, 0.5) is 5.69 Å². The van der Waals surface area contributed by atoms with E-state index in [1.54, 1.807) is 0 Å². The Balaban J connectivity index is 2.53. The van der Waals surface area contributed by atoms with Crippen LogP contribution in [0.1, 0.15) is 0 Å². The average Bonchev–Trinajstić information content (AvgIpc) is 2.49. The van der Waals surface area contributed by atoms with Crippen molar-refractivity contribution >= 4 is 17.3 Å². The van der Waals surface area contributed by atoms with Gasteiger partial charge < -0.3 is 10.3 Å². The van der Waals surface area contributed by atoms with Crippen molar-refractivity contribution in [2.75, 3.05) is 5.73 Å². The highest BCUT2D eigenvalue weighted by atomic mass is 35.5. The molecule has 1 aromatic carbocycles. The Kier molecular flexibility index (Phi) is 1.94. The van der Waals surface area contributed by atoms with Crippen molar-refractivity contribution in [3.63, 3.8) is 0 Å². The van der Waals surface area contributed by atoms with E-state index in [1.165, 1.54) is 0 Å². The van der Waals surface area contributed by atoms with Crippen molar-refractivity contribution in [1.82, 2.24) is 5.16 Å². The standard InChI is InChI=1S/C9H7ClN2O/c10-9-7(11)8(12-13-9)6-4-2-1-3-5-6/h1-5H,11H2. The second-order valence-electron chi connectivity index (χ2n) is 2.58. The van der Waals surface area contributed by atoms with Crippen LogP contribution in [0, 0.1) is 0 Å². The molecule has 0 radical (unpaired) electrons. The van der Waals surface area contributed by atoms with E-state index in [9.17, 15) is 0 Å². The van der Waals surface area contributed by atoms with Gasteiger partial charge in [-0.3, -0.25) is 0 Å². The smallest absolute Gasteiger partial charge is 0.249 e. The van der Waals surface area contributed by atoms with Crippen LogP contribution in [0.3, 0.4) is 0 Å². The summed E-state index contributed by atoms with van der Waals surface area (Å²) in [7, 11) is 0. The zero-order valence-electron chi connectivity index (χ0n) is 6.70. The highest BCUT2D eigenvalue weighted by molar-refractivity contribution is 6.31. The van der Waals surface area contributed by atoms with Crippen molar-refractivity contribution in [3.05, 3.63) is 35.6 Å². The first-order valence-electron chi connectivity index (χ1n) is 3.75. The first kappa shape index (κ1) is 8.13. The lowest BCUT2D eigenvalue weighted by molar-refractivity contribution is 0.424. The molecule has 4 heteroatoms. The lowest BCUT2D eigenvalue weighted by Crippen LogP contribution is -1.86. The summed E-state index contributed by atoms with van der Waals surface area (Å²) >= 11 is 5.63. The molecule has 0 amide bonds. The fourth-order valence-electron chi connectivity index (χ4n) is 1.08. The molecule has 3 nitrogen and oxygen atoms in total. The normalized spacial score (nSPS) is 10.2. The van der Waals surface area contributed by atoms with Gasteiger partial charge in [0.15, 0.2) is 0 Å². The summed E-state index contributed by atoms with van der Waals surface area (Å²) in [6.45, 7) is 0. The van der Waals surface area contributed by atoms with Gasteiger partial charge >= 0.3 is 0 Å². The molecule has 0 aliphatic carbocycles. The Morgan fingerprint density at radius 1 is 1.23 bits per heavy atom. The van der Waals surface area contributed by atoms with Crippen LogP contribution in [0.15, 0.2) is 34.9 Å². The van der Waals surface area contributed by atoms with Gasteiger partial charge in [-0.15, -0.1) is 0 Å². The summed E-state index contributed by atoms with van der Waals surface area (Å²) in [5.74, 6) is 0. The quantitative estimate of drug-likeness (QED) is 0.759. The van der Waals surface area contributed by atoms with Gasteiger partial charge in [0.05, 0.1) is 0 Å². The first-order valence-corrected chi connectivity index (χ1v) is 4.13. The zero-order chi connectivity index (χ0) is 9.26. The number of nitrogens with two attached hydrogens (primary N) is 1. The third-order valence-corrected chi connectivity index (χ3v) is 2.00. The number of anilines is 1. The van der Waals surface area contributed by atoms with Crippen molar-refractivity contribution in [1.29, 1.82) is 0 Å². The molecule has 2 N–H and O–H groups in total. The summed E-state index contributed by atoms with van der Waals surface area (Å²) in [5, 5.41) is 3.89. The molecule has 66 valence electrons. The molecule has 0 spiro atoms. The highest BCUT2D eigenvalue weighted by Gasteiger charge is 2.11. The number of benzene rings is 1. The van der Waals surface area contributed by atoms with E-state index in [-0.39, 0.29) is 5.22 Å². The Morgan fingerprint density at radius 2 is 1.92 bits per heavy atom. The molecule has 0 saturated heterocycles. The van der Waals surface area contributed by atoms with Gasteiger partial charge in [-0.2, -0.15) is 0 Å². The van der Waals surface area contributed by atoms with Crippen LogP contribution >= 0.6 is 11.6 Å². The van der Waals surface area contributed by atoms with Crippen LogP contribution in [-0.2, 0) is 0 Å². The largest absolute Gasteiger partial charge is 0.393 e. The Morgan fingerprint density at radius 3 is 2.46 bits per heavy atom. The van der Waals surface area contributed by atoms with Crippen LogP contribution in [0.25, 0.3) is 11.3 Å². The predicted molar refractivity (Wildman–Crippen MR) is 51.4 cm³/mol. The molecule has 2 aromatic rings. The van der Waals surface area contributed by atoms with E-state index in [0.29, 0.717) is 11.4 Å². The summed E-state index contributed by atoms with van der Waals surface area (Å²) in [6.07, 6.45) is 0. The summed E-state index contributed by atoms with van der Waals surface area (Å²) < 4.78 is 4.74. The fourth-order valence-corrected chi connectivity index (χ4v) is 1.21. The average molecular weight is 195 g/mol. The van der Waals surface area contributed by atoms with E-state index in [0.717, 1.165) is 5.56 Å².